The third-order valence-electron chi connectivity index (χ3n) is 2.90. The molecule has 20 heavy (non-hydrogen) atoms. The van der Waals surface area contributed by atoms with E-state index in [2.05, 4.69) is 20.9 Å². The first kappa shape index (κ1) is 14.6. The molecule has 1 atom stereocenters. The molecule has 0 aromatic carbocycles. The Morgan fingerprint density at radius 1 is 1.50 bits per heavy atom. The normalized spacial score (nSPS) is 17.9. The monoisotopic (exact) mass is 299 g/mol. The molecule has 1 aromatic rings. The predicted molar refractivity (Wildman–Crippen MR) is 73.9 cm³/mol. The molecule has 3 N–H and O–H groups in total. The maximum atomic E-state index is 11.5. The van der Waals surface area contributed by atoms with Crippen LogP contribution >= 0.6 is 11.8 Å². The van der Waals surface area contributed by atoms with E-state index in [-0.39, 0.29) is 11.7 Å². The fraction of sp³-hybridized carbons (Fsp3) is 0.636. The second-order valence-electron chi connectivity index (χ2n) is 4.44. The molecule has 1 unspecified atom stereocenters. The molecule has 0 radical (unpaired) electrons. The Balaban J connectivity index is 1.61. The van der Waals surface area contributed by atoms with Gasteiger partial charge in [0.05, 0.1) is 12.7 Å². The van der Waals surface area contributed by atoms with Crippen molar-refractivity contribution >= 4 is 23.8 Å². The van der Waals surface area contributed by atoms with Gasteiger partial charge in [-0.3, -0.25) is 0 Å². The molecule has 0 spiro atoms. The molecule has 1 fully saturated rings. The highest BCUT2D eigenvalue weighted by Crippen LogP contribution is 2.25. The molecule has 110 valence electrons. The number of carbonyl (C=O) groups is 2. The Hall–Kier alpha value is -1.77. The number of rotatable bonds is 6. The summed E-state index contributed by atoms with van der Waals surface area (Å²) in [4.78, 5) is 22.1. The van der Waals surface area contributed by atoms with Crippen LogP contribution in [0.1, 0.15) is 23.3 Å². The smallest absolute Gasteiger partial charge is 0.358 e. The van der Waals surface area contributed by atoms with Crippen molar-refractivity contribution in [3.05, 3.63) is 11.9 Å². The van der Waals surface area contributed by atoms with Crippen molar-refractivity contribution in [3.63, 3.8) is 0 Å². The van der Waals surface area contributed by atoms with Crippen LogP contribution in [0.3, 0.4) is 0 Å². The molecule has 0 saturated carbocycles. The molecule has 8 nitrogen and oxygen atoms in total. The number of hydrogen-bond acceptors (Lipinski definition) is 5. The van der Waals surface area contributed by atoms with Gasteiger partial charge >= 0.3 is 12.0 Å². The summed E-state index contributed by atoms with van der Waals surface area (Å²) >= 11 is 1.89. The van der Waals surface area contributed by atoms with Crippen molar-refractivity contribution < 1.29 is 14.7 Å². The Bertz CT molecular complexity index is 472. The number of amides is 2. The molecule has 1 aliphatic heterocycles. The van der Waals surface area contributed by atoms with Crippen LogP contribution in [0.2, 0.25) is 0 Å². The Kier molecular flexibility index (Phi) is 5.22. The Morgan fingerprint density at radius 2 is 2.35 bits per heavy atom. The molecule has 0 aliphatic carbocycles. The van der Waals surface area contributed by atoms with Crippen molar-refractivity contribution in [1.82, 2.24) is 25.6 Å². The summed E-state index contributed by atoms with van der Waals surface area (Å²) < 4.78 is 1.39. The Labute approximate surface area is 120 Å². The lowest BCUT2D eigenvalue weighted by atomic mass is 10.2. The van der Waals surface area contributed by atoms with Crippen LogP contribution in [0.4, 0.5) is 4.79 Å². The summed E-state index contributed by atoms with van der Waals surface area (Å²) in [5.74, 6) is 0.0580. The third-order valence-corrected chi connectivity index (χ3v) is 4.30. The fourth-order valence-corrected chi connectivity index (χ4v) is 3.07. The van der Waals surface area contributed by atoms with Crippen molar-refractivity contribution in [2.75, 3.05) is 18.8 Å². The highest BCUT2D eigenvalue weighted by Gasteiger charge is 2.16. The number of nitrogens with zero attached hydrogens (tertiary/aromatic N) is 3. The quantitative estimate of drug-likeness (QED) is 0.691. The molecule has 1 saturated heterocycles. The molecular weight excluding hydrogens is 282 g/mol. The van der Waals surface area contributed by atoms with Crippen molar-refractivity contribution in [3.8, 4) is 0 Å². The van der Waals surface area contributed by atoms with Gasteiger partial charge in [0, 0.05) is 18.3 Å². The number of aromatic nitrogens is 3. The van der Waals surface area contributed by atoms with E-state index in [1.165, 1.54) is 23.1 Å². The molecule has 9 heteroatoms. The van der Waals surface area contributed by atoms with E-state index < -0.39 is 5.97 Å². The second kappa shape index (κ2) is 7.13. The molecule has 1 aliphatic rings. The highest BCUT2D eigenvalue weighted by molar-refractivity contribution is 8.00. The van der Waals surface area contributed by atoms with Crippen LogP contribution in [0.25, 0.3) is 0 Å². The first-order chi connectivity index (χ1) is 9.65. The third kappa shape index (κ3) is 4.41. The lowest BCUT2D eigenvalue weighted by molar-refractivity contribution is 0.0690. The largest absolute Gasteiger partial charge is 0.476 e. The molecule has 2 amide bonds. The van der Waals surface area contributed by atoms with E-state index in [0.29, 0.717) is 24.9 Å². The van der Waals surface area contributed by atoms with Gasteiger partial charge in [-0.2, -0.15) is 11.8 Å². The van der Waals surface area contributed by atoms with E-state index in [9.17, 15) is 9.59 Å². The molecule has 1 aromatic heterocycles. The summed E-state index contributed by atoms with van der Waals surface area (Å²) in [6.45, 7) is 1.43. The fourth-order valence-electron chi connectivity index (χ4n) is 1.86. The van der Waals surface area contributed by atoms with Gasteiger partial charge in [-0.1, -0.05) is 5.21 Å². The Morgan fingerprint density at radius 3 is 3.00 bits per heavy atom. The number of carboxylic acid groups (broad SMARTS) is 1. The highest BCUT2D eigenvalue weighted by atomic mass is 32.2. The standard InChI is InChI=1S/C11H17N5O3S/c17-10(18)9-7-16(15-14-9)4-3-12-11(19)13-6-8-2-1-5-20-8/h7-8H,1-6H2,(H,17,18)(H2,12,13,19). The second-order valence-corrected chi connectivity index (χ2v) is 5.85. The first-order valence-corrected chi connectivity index (χ1v) is 7.47. The van der Waals surface area contributed by atoms with Gasteiger partial charge in [0.25, 0.3) is 0 Å². The SMILES string of the molecule is O=C(NCCn1cc(C(=O)O)nn1)NCC1CCCS1. The summed E-state index contributed by atoms with van der Waals surface area (Å²) in [5.41, 5.74) is -0.104. The van der Waals surface area contributed by atoms with Crippen LogP contribution in [-0.4, -0.2) is 56.2 Å². The first-order valence-electron chi connectivity index (χ1n) is 6.42. The number of nitrogens with one attached hydrogen (secondary N) is 2. The zero-order chi connectivity index (χ0) is 14.4. The van der Waals surface area contributed by atoms with Gasteiger partial charge in [-0.25, -0.2) is 14.3 Å². The van der Waals surface area contributed by atoms with Gasteiger partial charge in [0.1, 0.15) is 0 Å². The summed E-state index contributed by atoms with van der Waals surface area (Å²) in [5, 5.41) is 21.9. The summed E-state index contributed by atoms with van der Waals surface area (Å²) in [6, 6.07) is -0.212. The van der Waals surface area contributed by atoms with E-state index in [1.807, 2.05) is 11.8 Å². The number of carbonyl (C=O) groups excluding carboxylic acids is 1. The van der Waals surface area contributed by atoms with E-state index in [1.54, 1.807) is 0 Å². The van der Waals surface area contributed by atoms with Crippen LogP contribution in [0.5, 0.6) is 0 Å². The summed E-state index contributed by atoms with van der Waals surface area (Å²) in [6.07, 6.45) is 3.70. The van der Waals surface area contributed by atoms with E-state index >= 15 is 0 Å². The van der Waals surface area contributed by atoms with Crippen molar-refractivity contribution in [2.24, 2.45) is 0 Å². The maximum absolute atomic E-state index is 11.5. The molecule has 0 bridgehead atoms. The number of thioether (sulfide) groups is 1. The average molecular weight is 299 g/mol. The van der Waals surface area contributed by atoms with Crippen LogP contribution in [0, 0.1) is 0 Å². The van der Waals surface area contributed by atoms with Gasteiger partial charge in [-0.15, -0.1) is 5.10 Å². The topological polar surface area (TPSA) is 109 Å². The van der Waals surface area contributed by atoms with Crippen molar-refractivity contribution in [1.29, 1.82) is 0 Å². The van der Waals surface area contributed by atoms with E-state index in [0.717, 1.165) is 6.42 Å². The lowest BCUT2D eigenvalue weighted by Gasteiger charge is -2.11. The van der Waals surface area contributed by atoms with Crippen LogP contribution in [0.15, 0.2) is 6.20 Å². The van der Waals surface area contributed by atoms with E-state index in [4.69, 9.17) is 5.11 Å². The van der Waals surface area contributed by atoms with Gasteiger partial charge in [-0.05, 0) is 18.6 Å². The molecule has 2 heterocycles. The minimum atomic E-state index is -1.11. The average Bonchev–Trinajstić information content (AvgIpc) is 3.07. The zero-order valence-electron chi connectivity index (χ0n) is 10.9. The minimum absolute atomic E-state index is 0.104. The molecular formula is C11H17N5O3S. The van der Waals surface area contributed by atoms with Crippen LogP contribution in [-0.2, 0) is 6.54 Å². The van der Waals surface area contributed by atoms with Gasteiger partial charge in [0.15, 0.2) is 5.69 Å². The number of urea groups is 1. The lowest BCUT2D eigenvalue weighted by Crippen LogP contribution is -2.39. The minimum Gasteiger partial charge on any atom is -0.476 e. The summed E-state index contributed by atoms with van der Waals surface area (Å²) in [7, 11) is 0. The van der Waals surface area contributed by atoms with Gasteiger partial charge < -0.3 is 15.7 Å². The molecule has 2 rings (SSSR count). The van der Waals surface area contributed by atoms with Crippen LogP contribution < -0.4 is 10.6 Å². The maximum Gasteiger partial charge on any atom is 0.358 e. The number of hydrogen-bond donors (Lipinski definition) is 3. The number of aromatic carboxylic acids is 1. The van der Waals surface area contributed by atoms with Crippen molar-refractivity contribution in [2.45, 2.75) is 24.6 Å². The predicted octanol–water partition coefficient (Wildman–Crippen LogP) is 0.171. The number of carboxylic acids is 1. The van der Waals surface area contributed by atoms with Gasteiger partial charge in [0.2, 0.25) is 0 Å². The zero-order valence-corrected chi connectivity index (χ0v) is 11.7.